The Hall–Kier alpha value is -2.77. The van der Waals surface area contributed by atoms with E-state index in [0.717, 1.165) is 21.7 Å². The molecular formula is C19H18N4O2S. The van der Waals surface area contributed by atoms with Crippen LogP contribution in [-0.4, -0.2) is 27.8 Å². The fourth-order valence-electron chi connectivity index (χ4n) is 3.51. The minimum atomic E-state index is -0.536. The van der Waals surface area contributed by atoms with Gasteiger partial charge in [-0.1, -0.05) is 42.5 Å². The van der Waals surface area contributed by atoms with Gasteiger partial charge in [0.2, 0.25) is 0 Å². The van der Waals surface area contributed by atoms with Crippen LogP contribution in [0, 0.1) is 0 Å². The first-order chi connectivity index (χ1) is 12.7. The van der Waals surface area contributed by atoms with Crippen LogP contribution in [0.1, 0.15) is 32.2 Å². The fraction of sp³-hybridized carbons (Fsp3) is 0.211. The molecule has 1 amide bonds. The van der Waals surface area contributed by atoms with Crippen LogP contribution in [0.5, 0.6) is 0 Å². The Labute approximate surface area is 154 Å². The van der Waals surface area contributed by atoms with Gasteiger partial charge in [0.15, 0.2) is 5.69 Å². The summed E-state index contributed by atoms with van der Waals surface area (Å²) in [7, 11) is 1.60. The third-order valence-electron chi connectivity index (χ3n) is 4.72. The van der Waals surface area contributed by atoms with Crippen LogP contribution in [0.2, 0.25) is 0 Å². The molecule has 0 spiro atoms. The second-order valence-electron chi connectivity index (χ2n) is 6.20. The predicted molar refractivity (Wildman–Crippen MR) is 99.8 cm³/mol. The molecule has 6 nitrogen and oxygen atoms in total. The number of carbonyl (C=O) groups is 1. The molecular weight excluding hydrogens is 348 g/mol. The lowest BCUT2D eigenvalue weighted by atomic mass is 9.72. The second kappa shape index (κ2) is 6.51. The minimum absolute atomic E-state index is 0.261. The number of fused-ring (bicyclic) bond motifs is 1. The molecule has 4 rings (SSSR count). The van der Waals surface area contributed by atoms with Gasteiger partial charge in [0.05, 0.1) is 16.6 Å². The molecule has 1 aliphatic rings. The fourth-order valence-corrected chi connectivity index (χ4v) is 4.34. The van der Waals surface area contributed by atoms with Gasteiger partial charge < -0.3 is 10.5 Å². The topological polar surface area (TPSA) is 83.0 Å². The number of nitrogens with two attached hydrogens (primary N) is 1. The molecule has 0 saturated heterocycles. The molecule has 1 aromatic carbocycles. The number of rotatable bonds is 5. The lowest BCUT2D eigenvalue weighted by Gasteiger charge is -2.33. The van der Waals surface area contributed by atoms with E-state index in [4.69, 9.17) is 10.5 Å². The molecule has 0 aliphatic heterocycles. The number of aromatic nitrogens is 3. The van der Waals surface area contributed by atoms with Crippen LogP contribution < -0.4 is 5.73 Å². The number of carbonyl (C=O) groups excluding carboxylic acids is 1. The largest absolute Gasteiger partial charge is 0.364 e. The zero-order valence-electron chi connectivity index (χ0n) is 14.3. The van der Waals surface area contributed by atoms with Crippen LogP contribution >= 0.6 is 11.3 Å². The maximum Gasteiger partial charge on any atom is 0.269 e. The molecule has 1 atom stereocenters. The van der Waals surface area contributed by atoms with Crippen molar-refractivity contribution < 1.29 is 9.53 Å². The summed E-state index contributed by atoms with van der Waals surface area (Å²) in [5.41, 5.74) is 10.1. The zero-order valence-corrected chi connectivity index (χ0v) is 15.1. The van der Waals surface area contributed by atoms with Crippen molar-refractivity contribution in [2.45, 2.75) is 18.6 Å². The molecule has 2 heterocycles. The van der Waals surface area contributed by atoms with Gasteiger partial charge in [-0.25, -0.2) is 4.68 Å². The number of amides is 1. The molecule has 0 fully saturated rings. The van der Waals surface area contributed by atoms with E-state index in [9.17, 15) is 4.79 Å². The van der Waals surface area contributed by atoms with E-state index in [1.165, 1.54) is 0 Å². The van der Waals surface area contributed by atoms with Crippen LogP contribution in [-0.2, 0) is 23.3 Å². The van der Waals surface area contributed by atoms with Crippen LogP contribution in [0.25, 0.3) is 6.08 Å². The number of primary amides is 1. The van der Waals surface area contributed by atoms with Crippen LogP contribution in [0.3, 0.4) is 0 Å². The molecule has 1 aliphatic carbocycles. The molecule has 0 bridgehead atoms. The average Bonchev–Trinajstić information content (AvgIpc) is 3.31. The van der Waals surface area contributed by atoms with Crippen LogP contribution in [0.4, 0.5) is 0 Å². The summed E-state index contributed by atoms with van der Waals surface area (Å²) in [4.78, 5) is 17.2. The Morgan fingerprint density at radius 2 is 2.19 bits per heavy atom. The number of thiazole rings is 1. The summed E-state index contributed by atoms with van der Waals surface area (Å²) in [6, 6.07) is 10.3. The Balaban J connectivity index is 1.91. The molecule has 132 valence electrons. The second-order valence-corrected chi connectivity index (χ2v) is 7.09. The van der Waals surface area contributed by atoms with E-state index in [2.05, 4.69) is 28.3 Å². The van der Waals surface area contributed by atoms with Crippen molar-refractivity contribution in [3.05, 3.63) is 75.5 Å². The van der Waals surface area contributed by atoms with Gasteiger partial charge in [-0.15, -0.1) is 11.3 Å². The maximum atomic E-state index is 11.8. The first-order valence-electron chi connectivity index (χ1n) is 8.18. The van der Waals surface area contributed by atoms with E-state index in [0.29, 0.717) is 6.42 Å². The van der Waals surface area contributed by atoms with Crippen molar-refractivity contribution >= 4 is 23.3 Å². The zero-order chi connectivity index (χ0) is 18.1. The third kappa shape index (κ3) is 2.56. The maximum absolute atomic E-state index is 11.8. The summed E-state index contributed by atoms with van der Waals surface area (Å²) >= 11 is 1.62. The lowest BCUT2D eigenvalue weighted by Crippen LogP contribution is -2.31. The van der Waals surface area contributed by atoms with E-state index in [1.54, 1.807) is 23.1 Å². The highest BCUT2D eigenvalue weighted by atomic mass is 32.1. The molecule has 26 heavy (non-hydrogen) atoms. The summed E-state index contributed by atoms with van der Waals surface area (Å²) in [5.74, 6) is -0.536. The Bertz CT molecular complexity index is 963. The number of nitrogens with zero attached hydrogens (tertiary/aromatic N) is 3. The van der Waals surface area contributed by atoms with E-state index < -0.39 is 5.91 Å². The molecule has 7 heteroatoms. The van der Waals surface area contributed by atoms with Crippen molar-refractivity contribution in [3.8, 4) is 0 Å². The number of hydrogen-bond acceptors (Lipinski definition) is 5. The number of benzene rings is 1. The normalized spacial score (nSPS) is 18.7. The molecule has 2 aromatic heterocycles. The van der Waals surface area contributed by atoms with Gasteiger partial charge in [-0.2, -0.15) is 5.10 Å². The Morgan fingerprint density at radius 3 is 2.85 bits per heavy atom. The van der Waals surface area contributed by atoms with Gasteiger partial charge in [-0.05, 0) is 5.56 Å². The van der Waals surface area contributed by atoms with Gasteiger partial charge in [0.25, 0.3) is 5.91 Å². The third-order valence-corrected chi connectivity index (χ3v) is 5.68. The van der Waals surface area contributed by atoms with Gasteiger partial charge in [0, 0.05) is 30.2 Å². The van der Waals surface area contributed by atoms with Crippen LogP contribution in [0.15, 0.2) is 48.1 Å². The van der Waals surface area contributed by atoms with Gasteiger partial charge in [0.1, 0.15) is 6.73 Å². The van der Waals surface area contributed by atoms with E-state index >= 15 is 0 Å². The first-order valence-corrected chi connectivity index (χ1v) is 9.06. The summed E-state index contributed by atoms with van der Waals surface area (Å²) in [5, 5.41) is 4.38. The smallest absolute Gasteiger partial charge is 0.269 e. The Kier molecular flexibility index (Phi) is 4.18. The summed E-state index contributed by atoms with van der Waals surface area (Å²) in [6.07, 6.45) is 6.63. The highest BCUT2D eigenvalue weighted by Crippen LogP contribution is 2.43. The van der Waals surface area contributed by atoms with Crippen molar-refractivity contribution in [3.63, 3.8) is 0 Å². The average molecular weight is 366 g/mol. The van der Waals surface area contributed by atoms with Gasteiger partial charge >= 0.3 is 0 Å². The molecule has 3 aromatic rings. The molecule has 0 saturated carbocycles. The molecule has 1 unspecified atom stereocenters. The van der Waals surface area contributed by atoms with Crippen molar-refractivity contribution in [1.29, 1.82) is 0 Å². The van der Waals surface area contributed by atoms with E-state index in [-0.39, 0.29) is 17.8 Å². The number of allylic oxidation sites excluding steroid dienone is 1. The quantitative estimate of drug-likeness (QED) is 0.752. The predicted octanol–water partition coefficient (Wildman–Crippen LogP) is 2.60. The summed E-state index contributed by atoms with van der Waals surface area (Å²) < 4.78 is 6.99. The molecule has 0 radical (unpaired) electrons. The lowest BCUT2D eigenvalue weighted by molar-refractivity contribution is 0.0985. The molecule has 2 N–H and O–H groups in total. The Morgan fingerprint density at radius 1 is 1.38 bits per heavy atom. The first kappa shape index (κ1) is 16.7. The minimum Gasteiger partial charge on any atom is -0.364 e. The van der Waals surface area contributed by atoms with Crippen molar-refractivity contribution in [1.82, 2.24) is 14.8 Å². The summed E-state index contributed by atoms with van der Waals surface area (Å²) in [6.45, 7) is 0.261. The highest BCUT2D eigenvalue weighted by Gasteiger charge is 2.39. The standard InChI is InChI=1S/C19H18N4O2S/c1-25-12-23-15-9-19(16-10-21-11-26-16,13-5-3-2-4-6-13)8-7-14(15)17(22-23)18(20)24/h2-8,10-11H,9,12H2,1H3,(H2,20,24). The number of ether oxygens (including phenoxy) is 1. The van der Waals surface area contributed by atoms with Crippen molar-refractivity contribution in [2.24, 2.45) is 5.73 Å². The van der Waals surface area contributed by atoms with Gasteiger partial charge in [-0.3, -0.25) is 9.78 Å². The monoisotopic (exact) mass is 366 g/mol. The SMILES string of the molecule is COCn1nc(C(N)=O)c2c1CC(c1ccccc1)(c1cncs1)C=C2. The number of hydrogen-bond donors (Lipinski definition) is 1. The number of methoxy groups -OCH3 is 1. The highest BCUT2D eigenvalue weighted by molar-refractivity contribution is 7.09. The van der Waals surface area contributed by atoms with Crippen molar-refractivity contribution in [2.75, 3.05) is 7.11 Å². The van der Waals surface area contributed by atoms with E-state index in [1.807, 2.05) is 36.0 Å².